The Morgan fingerprint density at radius 3 is 2.38 bits per heavy atom. The van der Waals surface area contributed by atoms with Gasteiger partial charge in [0, 0.05) is 44.0 Å². The molecule has 7 nitrogen and oxygen atoms in total. The van der Waals surface area contributed by atoms with Crippen molar-refractivity contribution in [2.45, 2.75) is 72.4 Å². The van der Waals surface area contributed by atoms with Gasteiger partial charge in [-0.15, -0.1) is 0 Å². The van der Waals surface area contributed by atoms with Crippen molar-refractivity contribution in [3.8, 4) is 11.4 Å². The third-order valence-corrected chi connectivity index (χ3v) is 6.70. The lowest BCUT2D eigenvalue weighted by Crippen LogP contribution is -2.53. The first-order valence-corrected chi connectivity index (χ1v) is 12.7. The molecule has 5 rings (SSSR count). The van der Waals surface area contributed by atoms with Crippen LogP contribution in [0.5, 0.6) is 0 Å². The molecule has 0 radical (unpaired) electrons. The van der Waals surface area contributed by atoms with E-state index in [1.54, 1.807) is 0 Å². The highest BCUT2D eigenvalue weighted by molar-refractivity contribution is 5.77. The standard InChI is InChI=1S/C25H33N5O2.C2H6/c1-25(2,3)11-23(31)29-8-6-17(7-9-29)20-12-26-24(27-13-20)18-4-5-19-14-28-30(22(19)10-18)21-15-32-16-21;1-2/h4-5,10,12-13,17,21,28H,6-9,11,14-16H2,1-3H3;1-2H3. The fourth-order valence-electron chi connectivity index (χ4n) is 4.76. The fraction of sp³-hybridized carbons (Fsp3) is 0.593. The summed E-state index contributed by atoms with van der Waals surface area (Å²) < 4.78 is 5.36. The Morgan fingerprint density at radius 2 is 1.79 bits per heavy atom. The molecule has 0 unspecified atom stereocenters. The number of aromatic nitrogens is 2. The molecule has 3 aliphatic heterocycles. The highest BCUT2D eigenvalue weighted by Crippen LogP contribution is 2.33. The maximum Gasteiger partial charge on any atom is 0.223 e. The number of hydrazine groups is 1. The summed E-state index contributed by atoms with van der Waals surface area (Å²) in [5.74, 6) is 1.45. The molecule has 4 heterocycles. The molecule has 7 heteroatoms. The summed E-state index contributed by atoms with van der Waals surface area (Å²) in [6, 6.07) is 6.85. The second-order valence-corrected chi connectivity index (χ2v) is 10.5. The fourth-order valence-corrected chi connectivity index (χ4v) is 4.76. The number of amides is 1. The molecule has 34 heavy (non-hydrogen) atoms. The van der Waals surface area contributed by atoms with Gasteiger partial charge in [-0.25, -0.2) is 15.4 Å². The number of anilines is 1. The van der Waals surface area contributed by atoms with Crippen molar-refractivity contribution in [2.75, 3.05) is 31.3 Å². The number of carbonyl (C=O) groups is 1. The van der Waals surface area contributed by atoms with Crippen LogP contribution in [0, 0.1) is 5.41 Å². The van der Waals surface area contributed by atoms with Gasteiger partial charge in [0.2, 0.25) is 5.91 Å². The second-order valence-electron chi connectivity index (χ2n) is 10.5. The molecule has 2 aromatic rings. The number of fused-ring (bicyclic) bond motifs is 1. The Morgan fingerprint density at radius 1 is 1.12 bits per heavy atom. The molecule has 1 amide bonds. The van der Waals surface area contributed by atoms with E-state index in [-0.39, 0.29) is 11.3 Å². The zero-order valence-corrected chi connectivity index (χ0v) is 21.3. The minimum Gasteiger partial charge on any atom is -0.377 e. The van der Waals surface area contributed by atoms with Gasteiger partial charge in [0.15, 0.2) is 5.82 Å². The zero-order chi connectivity index (χ0) is 24.3. The number of benzene rings is 1. The molecule has 0 spiro atoms. The van der Waals surface area contributed by atoms with Crippen LogP contribution in [0.15, 0.2) is 30.6 Å². The topological polar surface area (TPSA) is 70.6 Å². The van der Waals surface area contributed by atoms with Crippen LogP contribution in [0.1, 0.15) is 70.9 Å². The highest BCUT2D eigenvalue weighted by atomic mass is 16.5. The Bertz CT molecular complexity index is 974. The van der Waals surface area contributed by atoms with Crippen LogP contribution in [-0.2, 0) is 16.1 Å². The molecule has 184 valence electrons. The van der Waals surface area contributed by atoms with E-state index >= 15 is 0 Å². The average Bonchev–Trinajstić information content (AvgIpc) is 3.21. The number of ether oxygens (including phenoxy) is 1. The van der Waals surface area contributed by atoms with Crippen LogP contribution in [0.4, 0.5) is 5.69 Å². The summed E-state index contributed by atoms with van der Waals surface area (Å²) in [4.78, 5) is 23.9. The summed E-state index contributed by atoms with van der Waals surface area (Å²) in [7, 11) is 0. The van der Waals surface area contributed by atoms with E-state index in [1.807, 2.05) is 31.1 Å². The van der Waals surface area contributed by atoms with Gasteiger partial charge in [-0.2, -0.15) is 0 Å². The number of rotatable bonds is 4. The SMILES string of the molecule is CC.CC(C)(C)CC(=O)N1CCC(c2cnc(-c3ccc4c(c3)N(C3COC3)NC4)nc2)CC1. The van der Waals surface area contributed by atoms with Crippen molar-refractivity contribution >= 4 is 11.6 Å². The van der Waals surface area contributed by atoms with E-state index in [1.165, 1.54) is 16.8 Å². The van der Waals surface area contributed by atoms with E-state index in [4.69, 9.17) is 14.7 Å². The second kappa shape index (κ2) is 10.4. The van der Waals surface area contributed by atoms with Crippen LogP contribution in [-0.4, -0.2) is 53.1 Å². The molecule has 1 N–H and O–H groups in total. The third-order valence-electron chi connectivity index (χ3n) is 6.70. The van der Waals surface area contributed by atoms with Crippen LogP contribution >= 0.6 is 0 Å². The van der Waals surface area contributed by atoms with Crippen molar-refractivity contribution in [1.29, 1.82) is 0 Å². The molecular weight excluding hydrogens is 426 g/mol. The first-order valence-electron chi connectivity index (χ1n) is 12.7. The van der Waals surface area contributed by atoms with Crippen LogP contribution in [0.2, 0.25) is 0 Å². The number of hydrogen-bond acceptors (Lipinski definition) is 6. The van der Waals surface area contributed by atoms with Gasteiger partial charge in [-0.05, 0) is 41.4 Å². The number of nitrogens with zero attached hydrogens (tertiary/aromatic N) is 4. The Hall–Kier alpha value is -2.51. The maximum absolute atomic E-state index is 12.5. The monoisotopic (exact) mass is 465 g/mol. The lowest BCUT2D eigenvalue weighted by Gasteiger charge is -2.36. The molecular formula is C27H39N5O2. The molecule has 0 saturated carbocycles. The van der Waals surface area contributed by atoms with Gasteiger partial charge < -0.3 is 14.6 Å². The first kappa shape index (κ1) is 24.6. The van der Waals surface area contributed by atoms with E-state index in [2.05, 4.69) is 49.4 Å². The summed E-state index contributed by atoms with van der Waals surface area (Å²) in [5.41, 5.74) is 8.21. The van der Waals surface area contributed by atoms with Crippen molar-refractivity contribution in [2.24, 2.45) is 5.41 Å². The summed E-state index contributed by atoms with van der Waals surface area (Å²) in [6.07, 6.45) is 6.51. The Kier molecular flexibility index (Phi) is 7.53. The summed E-state index contributed by atoms with van der Waals surface area (Å²) >= 11 is 0. The van der Waals surface area contributed by atoms with Crippen LogP contribution < -0.4 is 10.4 Å². The van der Waals surface area contributed by atoms with Gasteiger partial charge in [0.05, 0.1) is 24.9 Å². The van der Waals surface area contributed by atoms with E-state index in [9.17, 15) is 4.79 Å². The van der Waals surface area contributed by atoms with E-state index in [0.717, 1.165) is 57.1 Å². The number of carbonyl (C=O) groups excluding carboxylic acids is 1. The largest absolute Gasteiger partial charge is 0.377 e. The number of piperidine rings is 1. The zero-order valence-electron chi connectivity index (χ0n) is 21.3. The van der Waals surface area contributed by atoms with Crippen LogP contribution in [0.3, 0.4) is 0 Å². The molecule has 0 atom stereocenters. The third kappa shape index (κ3) is 5.41. The molecule has 0 bridgehead atoms. The maximum atomic E-state index is 12.5. The number of hydrogen-bond donors (Lipinski definition) is 1. The Balaban J connectivity index is 0.00000133. The molecule has 2 saturated heterocycles. The van der Waals surface area contributed by atoms with E-state index in [0.29, 0.717) is 18.4 Å². The molecule has 1 aromatic carbocycles. The van der Waals surface area contributed by atoms with Gasteiger partial charge in [-0.1, -0.05) is 46.8 Å². The lowest BCUT2D eigenvalue weighted by molar-refractivity contribution is -0.134. The molecule has 1 aromatic heterocycles. The quantitative estimate of drug-likeness (QED) is 0.715. The number of nitrogens with one attached hydrogen (secondary N) is 1. The molecule has 3 aliphatic rings. The van der Waals surface area contributed by atoms with E-state index < -0.39 is 0 Å². The van der Waals surface area contributed by atoms with Gasteiger partial charge >= 0.3 is 0 Å². The molecule has 2 fully saturated rings. The normalized spacial score (nSPS) is 18.7. The average molecular weight is 466 g/mol. The molecule has 0 aliphatic carbocycles. The van der Waals surface area contributed by atoms with Gasteiger partial charge in [0.1, 0.15) is 0 Å². The smallest absolute Gasteiger partial charge is 0.223 e. The summed E-state index contributed by atoms with van der Waals surface area (Å²) in [6.45, 7) is 14.4. The first-order chi connectivity index (χ1) is 16.4. The summed E-state index contributed by atoms with van der Waals surface area (Å²) in [5, 5.41) is 2.23. The van der Waals surface area contributed by atoms with Gasteiger partial charge in [-0.3, -0.25) is 4.79 Å². The number of likely N-dealkylation sites (tertiary alicyclic amines) is 1. The van der Waals surface area contributed by atoms with Crippen molar-refractivity contribution < 1.29 is 9.53 Å². The highest BCUT2D eigenvalue weighted by Gasteiger charge is 2.31. The predicted molar refractivity (Wildman–Crippen MR) is 135 cm³/mol. The predicted octanol–water partition coefficient (Wildman–Crippen LogP) is 4.54. The van der Waals surface area contributed by atoms with Crippen LogP contribution in [0.25, 0.3) is 11.4 Å². The Labute approximate surface area is 203 Å². The minimum atomic E-state index is 0.0356. The van der Waals surface area contributed by atoms with Crippen molar-refractivity contribution in [1.82, 2.24) is 20.3 Å². The van der Waals surface area contributed by atoms with Crippen molar-refractivity contribution in [3.05, 3.63) is 41.7 Å². The minimum absolute atomic E-state index is 0.0356. The van der Waals surface area contributed by atoms with Gasteiger partial charge in [0.25, 0.3) is 0 Å². The van der Waals surface area contributed by atoms with Crippen molar-refractivity contribution in [3.63, 3.8) is 0 Å². The lowest BCUT2D eigenvalue weighted by atomic mass is 9.88.